The number of hydrogen-bond donors (Lipinski definition) is 1. The predicted octanol–water partition coefficient (Wildman–Crippen LogP) is 16.9. The molecule has 0 saturated carbocycles. The molecule has 1 N–H and O–H groups in total. The fourth-order valence-corrected chi connectivity index (χ4v) is 10.8. The number of anilines is 2. The third kappa shape index (κ3) is 5.60. The van der Waals surface area contributed by atoms with Gasteiger partial charge in [0.15, 0.2) is 0 Å². The van der Waals surface area contributed by atoms with Gasteiger partial charge in [0.2, 0.25) is 0 Å². The van der Waals surface area contributed by atoms with E-state index < -0.39 is 0 Å². The van der Waals surface area contributed by atoms with Crippen LogP contribution in [0, 0.1) is 6.92 Å². The van der Waals surface area contributed by atoms with Crippen LogP contribution in [0.5, 0.6) is 0 Å². The van der Waals surface area contributed by atoms with Gasteiger partial charge in [-0.1, -0.05) is 109 Å². The van der Waals surface area contributed by atoms with Gasteiger partial charge >= 0.3 is 0 Å². The van der Waals surface area contributed by atoms with Crippen LogP contribution < -0.4 is 5.32 Å². The number of aryl methyl sites for hydroxylation is 1. The second kappa shape index (κ2) is 14.2. The molecule has 0 atom stereocenters. The molecule has 1 aliphatic rings. The third-order valence-electron chi connectivity index (χ3n) is 13.9. The number of furan rings is 2. The molecule has 0 fully saturated rings. The number of allylic oxidation sites excluding steroid dienone is 1. The highest BCUT2D eigenvalue weighted by Gasteiger charge is 2.21. The molecule has 1 aliphatic carbocycles. The molecule has 0 unspecified atom stereocenters. The van der Waals surface area contributed by atoms with Crippen molar-refractivity contribution >= 4 is 94.0 Å². The number of benzene rings is 9. The molecule has 0 saturated heterocycles. The lowest BCUT2D eigenvalue weighted by Crippen LogP contribution is -2.03. The maximum atomic E-state index is 6.59. The fraction of sp³-hybridized carbons (Fsp3) is 0.0492. The minimum absolute atomic E-state index is 0.830. The van der Waals surface area contributed by atoms with E-state index >= 15 is 0 Å². The molecule has 14 rings (SSSR count). The van der Waals surface area contributed by atoms with Gasteiger partial charge in [-0.05, 0) is 133 Å². The van der Waals surface area contributed by atoms with Gasteiger partial charge in [-0.3, -0.25) is 0 Å². The van der Waals surface area contributed by atoms with Gasteiger partial charge in [-0.15, -0.1) is 0 Å². The number of hydrogen-bond acceptors (Lipinski definition) is 3. The summed E-state index contributed by atoms with van der Waals surface area (Å²) in [6.45, 7) is 2.19. The van der Waals surface area contributed by atoms with Gasteiger partial charge in [-0.2, -0.15) is 0 Å². The summed E-state index contributed by atoms with van der Waals surface area (Å²) in [5.41, 5.74) is 19.9. The van der Waals surface area contributed by atoms with E-state index in [1.165, 1.54) is 71.9 Å². The Morgan fingerprint density at radius 1 is 0.439 bits per heavy atom. The van der Waals surface area contributed by atoms with E-state index in [-0.39, 0.29) is 0 Å². The zero-order chi connectivity index (χ0) is 43.5. The highest BCUT2D eigenvalue weighted by Crippen LogP contribution is 2.42. The number of para-hydroxylation sites is 3. The molecule has 0 radical (unpaired) electrons. The van der Waals surface area contributed by atoms with Gasteiger partial charge < -0.3 is 23.3 Å². The monoisotopic (exact) mass is 847 g/mol. The Labute approximate surface area is 380 Å². The van der Waals surface area contributed by atoms with Crippen LogP contribution in [0.15, 0.2) is 203 Å². The lowest BCUT2D eigenvalue weighted by atomic mass is 9.94. The molecular formula is C61H41N3O2. The number of nitrogens with one attached hydrogen (secondary N) is 1. The molecule has 0 spiro atoms. The third-order valence-corrected chi connectivity index (χ3v) is 13.9. The first-order valence-electron chi connectivity index (χ1n) is 22.8. The van der Waals surface area contributed by atoms with E-state index in [2.05, 4.69) is 222 Å². The first-order valence-corrected chi connectivity index (χ1v) is 22.8. The van der Waals surface area contributed by atoms with Crippen molar-refractivity contribution in [1.29, 1.82) is 0 Å². The smallest absolute Gasteiger partial charge is 0.136 e. The summed E-state index contributed by atoms with van der Waals surface area (Å²) >= 11 is 0. The highest BCUT2D eigenvalue weighted by molar-refractivity contribution is 6.16. The van der Waals surface area contributed by atoms with Crippen molar-refractivity contribution in [3.05, 3.63) is 211 Å². The van der Waals surface area contributed by atoms with E-state index in [0.29, 0.717) is 0 Å². The molecular weight excluding hydrogens is 807 g/mol. The SMILES string of the molecule is Cc1ccccc1-c1cc(-c2cccc(-n3c4c(c5ccccc53)C=CCC4)c2)ccc1Nc1ccc2oc3cc4c(cc3c2c1)oc1ccc(-n2c3ccccc3c3ccccc32)cc14. The molecule has 0 amide bonds. The Balaban J connectivity index is 0.845. The predicted molar refractivity (Wildman–Crippen MR) is 275 cm³/mol. The van der Waals surface area contributed by atoms with Crippen molar-refractivity contribution < 1.29 is 8.83 Å². The zero-order valence-corrected chi connectivity index (χ0v) is 36.2. The Morgan fingerprint density at radius 3 is 1.82 bits per heavy atom. The first kappa shape index (κ1) is 36.9. The van der Waals surface area contributed by atoms with Gasteiger partial charge in [0.1, 0.15) is 22.3 Å². The normalized spacial score (nSPS) is 12.7. The quantitative estimate of drug-likeness (QED) is 0.181. The van der Waals surface area contributed by atoms with Gasteiger partial charge in [0.25, 0.3) is 0 Å². The zero-order valence-electron chi connectivity index (χ0n) is 36.2. The minimum Gasteiger partial charge on any atom is -0.456 e. The van der Waals surface area contributed by atoms with Gasteiger partial charge in [-0.25, -0.2) is 0 Å². The maximum Gasteiger partial charge on any atom is 0.136 e. The Hall–Kier alpha value is -8.54. The average Bonchev–Trinajstić information content (AvgIpc) is 4.11. The lowest BCUT2D eigenvalue weighted by molar-refractivity contribution is 0.664. The van der Waals surface area contributed by atoms with E-state index in [1.54, 1.807) is 0 Å². The van der Waals surface area contributed by atoms with E-state index in [4.69, 9.17) is 8.83 Å². The molecule has 13 aromatic rings. The Bertz CT molecular complexity index is 4120. The van der Waals surface area contributed by atoms with E-state index in [0.717, 1.165) is 79.3 Å². The molecule has 9 aromatic carbocycles. The maximum absolute atomic E-state index is 6.59. The van der Waals surface area contributed by atoms with Crippen LogP contribution in [0.25, 0.3) is 116 Å². The summed E-state index contributed by atoms with van der Waals surface area (Å²) in [7, 11) is 0. The molecule has 4 aromatic heterocycles. The number of aromatic nitrogens is 2. The van der Waals surface area contributed by atoms with Crippen LogP contribution in [0.2, 0.25) is 0 Å². The largest absolute Gasteiger partial charge is 0.456 e. The summed E-state index contributed by atoms with van der Waals surface area (Å²) in [5.74, 6) is 0. The van der Waals surface area contributed by atoms with Crippen LogP contribution in [0.1, 0.15) is 23.2 Å². The van der Waals surface area contributed by atoms with Crippen molar-refractivity contribution in [1.82, 2.24) is 9.13 Å². The molecule has 0 bridgehead atoms. The van der Waals surface area contributed by atoms with Gasteiger partial charge in [0.05, 0.1) is 16.6 Å². The molecule has 4 heterocycles. The summed E-state index contributed by atoms with van der Waals surface area (Å²) in [4.78, 5) is 0. The summed E-state index contributed by atoms with van der Waals surface area (Å²) in [6, 6.07) is 67.7. The topological polar surface area (TPSA) is 48.2 Å². The molecule has 312 valence electrons. The standard InChI is InChI=1S/C61H41N3O2/c1-37-13-2-3-16-43(37)48-32-39(38-14-12-15-41(31-38)63-54-21-8-4-17-44(54)45-18-5-9-22-55(45)63)25-28-53(48)62-40-26-29-58-49(33-40)51-35-61-52(36-60(51)65-58)50-34-42(27-30-59(50)66-61)64-56-23-10-6-19-46(56)47-20-7-11-24-57(47)64/h2-8,10-21,23-36,62H,9,22H2,1H3. The molecule has 0 aliphatic heterocycles. The van der Waals surface area contributed by atoms with Crippen LogP contribution in [0.4, 0.5) is 11.4 Å². The van der Waals surface area contributed by atoms with E-state index in [9.17, 15) is 0 Å². The van der Waals surface area contributed by atoms with Crippen molar-refractivity contribution in [2.24, 2.45) is 0 Å². The van der Waals surface area contributed by atoms with Crippen LogP contribution >= 0.6 is 0 Å². The minimum atomic E-state index is 0.830. The van der Waals surface area contributed by atoms with Crippen molar-refractivity contribution in [3.63, 3.8) is 0 Å². The number of nitrogens with zero attached hydrogens (tertiary/aromatic N) is 2. The molecule has 66 heavy (non-hydrogen) atoms. The van der Waals surface area contributed by atoms with Crippen molar-refractivity contribution in [3.8, 4) is 33.6 Å². The van der Waals surface area contributed by atoms with Crippen molar-refractivity contribution in [2.75, 3.05) is 5.32 Å². The highest BCUT2D eigenvalue weighted by atomic mass is 16.3. The number of rotatable bonds is 6. The Morgan fingerprint density at radius 2 is 1.06 bits per heavy atom. The first-order chi connectivity index (χ1) is 32.6. The van der Waals surface area contributed by atoms with Crippen LogP contribution in [-0.2, 0) is 6.42 Å². The van der Waals surface area contributed by atoms with Crippen molar-refractivity contribution in [2.45, 2.75) is 19.8 Å². The average molecular weight is 848 g/mol. The summed E-state index contributed by atoms with van der Waals surface area (Å²) in [5, 5.41) is 11.8. The lowest BCUT2D eigenvalue weighted by Gasteiger charge is -2.17. The number of fused-ring (bicyclic) bond motifs is 12. The molecule has 5 nitrogen and oxygen atoms in total. The second-order valence-electron chi connectivity index (χ2n) is 17.7. The second-order valence-corrected chi connectivity index (χ2v) is 17.7. The van der Waals surface area contributed by atoms with Crippen LogP contribution in [0.3, 0.4) is 0 Å². The summed E-state index contributed by atoms with van der Waals surface area (Å²) in [6.07, 6.45) is 6.69. The van der Waals surface area contributed by atoms with Crippen LogP contribution in [-0.4, -0.2) is 9.13 Å². The van der Waals surface area contributed by atoms with Gasteiger partial charge in [0, 0.05) is 77.3 Å². The fourth-order valence-electron chi connectivity index (χ4n) is 10.8. The van der Waals surface area contributed by atoms with E-state index in [1.807, 2.05) is 0 Å². The summed E-state index contributed by atoms with van der Waals surface area (Å²) < 4.78 is 18.0. The Kier molecular flexibility index (Phi) is 7.96. The molecule has 5 heteroatoms.